The average molecular weight is 277 g/mol. The molecule has 0 atom stereocenters. The van der Waals surface area contributed by atoms with E-state index in [0.717, 1.165) is 17.9 Å². The fourth-order valence-corrected chi connectivity index (χ4v) is 1.61. The zero-order chi connectivity index (χ0) is 14.5. The van der Waals surface area contributed by atoms with Gasteiger partial charge >= 0.3 is 0 Å². The summed E-state index contributed by atoms with van der Waals surface area (Å²) in [5, 5.41) is 3.07. The number of hydrogen-bond donors (Lipinski definition) is 2. The van der Waals surface area contributed by atoms with Crippen LogP contribution in [0.15, 0.2) is 10.7 Å². The minimum absolute atomic E-state index is 0.390. The minimum atomic E-state index is 0.390. The fourth-order valence-electron chi connectivity index (χ4n) is 1.61. The van der Waals surface area contributed by atoms with Crippen molar-refractivity contribution in [1.29, 1.82) is 0 Å². The largest absolute Gasteiger partial charge is 0.476 e. The summed E-state index contributed by atoms with van der Waals surface area (Å²) in [5.74, 6) is 2.31. The van der Waals surface area contributed by atoms with Gasteiger partial charge in [0.05, 0.1) is 18.8 Å². The van der Waals surface area contributed by atoms with Crippen LogP contribution in [0.1, 0.15) is 30.7 Å². The molecule has 2 aromatic heterocycles. The number of rotatable bonds is 6. The van der Waals surface area contributed by atoms with E-state index in [1.54, 1.807) is 0 Å². The first-order valence-corrected chi connectivity index (χ1v) is 6.51. The van der Waals surface area contributed by atoms with Gasteiger partial charge in [-0.25, -0.2) is 9.97 Å². The lowest BCUT2D eigenvalue weighted by Gasteiger charge is -2.10. The number of nitrogen functional groups attached to an aromatic ring is 1. The van der Waals surface area contributed by atoms with Crippen LogP contribution in [0.25, 0.3) is 0 Å². The Morgan fingerprint density at radius 2 is 2.15 bits per heavy atom. The Morgan fingerprint density at radius 3 is 2.80 bits per heavy atom. The molecule has 0 radical (unpaired) electrons. The van der Waals surface area contributed by atoms with Crippen molar-refractivity contribution in [1.82, 2.24) is 15.0 Å². The Morgan fingerprint density at radius 1 is 1.35 bits per heavy atom. The van der Waals surface area contributed by atoms with Gasteiger partial charge in [0.15, 0.2) is 5.82 Å². The molecular formula is C13H19N5O2. The average Bonchev–Trinajstić information content (AvgIpc) is 2.75. The SMILES string of the molecule is CCCOc1ncnc(NCc2nc(C)c(C)o2)c1N. The molecule has 0 unspecified atom stereocenters. The van der Waals surface area contributed by atoms with Crippen molar-refractivity contribution in [2.45, 2.75) is 33.7 Å². The number of ether oxygens (including phenoxy) is 1. The maximum Gasteiger partial charge on any atom is 0.242 e. The molecule has 0 fully saturated rings. The second-order valence-corrected chi connectivity index (χ2v) is 4.39. The molecule has 0 saturated heterocycles. The van der Waals surface area contributed by atoms with E-state index >= 15 is 0 Å². The third-order valence-electron chi connectivity index (χ3n) is 2.77. The van der Waals surface area contributed by atoms with Gasteiger partial charge in [-0.05, 0) is 20.3 Å². The molecule has 20 heavy (non-hydrogen) atoms. The summed E-state index contributed by atoms with van der Waals surface area (Å²) in [6.45, 7) is 6.77. The quantitative estimate of drug-likeness (QED) is 0.833. The lowest BCUT2D eigenvalue weighted by Crippen LogP contribution is -2.08. The Labute approximate surface area is 117 Å². The number of aryl methyl sites for hydroxylation is 2. The molecule has 3 N–H and O–H groups in total. The summed E-state index contributed by atoms with van der Waals surface area (Å²) in [7, 11) is 0. The number of oxazole rings is 1. The molecule has 0 aromatic carbocycles. The van der Waals surface area contributed by atoms with Crippen molar-refractivity contribution in [3.8, 4) is 5.88 Å². The highest BCUT2D eigenvalue weighted by atomic mass is 16.5. The van der Waals surface area contributed by atoms with Crippen molar-refractivity contribution in [2.75, 3.05) is 17.7 Å². The Bertz CT molecular complexity index is 563. The van der Waals surface area contributed by atoms with Gasteiger partial charge in [0.25, 0.3) is 0 Å². The summed E-state index contributed by atoms with van der Waals surface area (Å²) in [6.07, 6.45) is 2.30. The third kappa shape index (κ3) is 3.17. The standard InChI is InChI=1S/C13H19N5O2/c1-4-5-19-13-11(14)12(16-7-17-13)15-6-10-18-8(2)9(3)20-10/h7H,4-6,14H2,1-3H3,(H,15,16,17). The van der Waals surface area contributed by atoms with Crippen molar-refractivity contribution in [2.24, 2.45) is 0 Å². The number of aromatic nitrogens is 3. The lowest BCUT2D eigenvalue weighted by molar-refractivity contribution is 0.306. The van der Waals surface area contributed by atoms with Crippen LogP contribution in [-0.2, 0) is 6.54 Å². The van der Waals surface area contributed by atoms with Crippen LogP contribution >= 0.6 is 0 Å². The van der Waals surface area contributed by atoms with Crippen LogP contribution in [-0.4, -0.2) is 21.6 Å². The smallest absolute Gasteiger partial charge is 0.242 e. The predicted octanol–water partition coefficient (Wildman–Crippen LogP) is 2.06. The summed E-state index contributed by atoms with van der Waals surface area (Å²) in [5.41, 5.74) is 7.23. The molecule has 2 heterocycles. The van der Waals surface area contributed by atoms with Crippen molar-refractivity contribution < 1.29 is 9.15 Å². The Balaban J connectivity index is 2.05. The Kier molecular flexibility index (Phi) is 4.39. The molecule has 0 saturated carbocycles. The van der Waals surface area contributed by atoms with E-state index in [2.05, 4.69) is 20.3 Å². The van der Waals surface area contributed by atoms with Crippen molar-refractivity contribution in [3.05, 3.63) is 23.7 Å². The van der Waals surface area contributed by atoms with Crippen molar-refractivity contribution >= 4 is 11.5 Å². The van der Waals surface area contributed by atoms with Crippen LogP contribution < -0.4 is 15.8 Å². The maximum atomic E-state index is 5.96. The topological polar surface area (TPSA) is 99.1 Å². The van der Waals surface area contributed by atoms with E-state index in [9.17, 15) is 0 Å². The van der Waals surface area contributed by atoms with Gasteiger partial charge in [0.1, 0.15) is 17.8 Å². The van der Waals surface area contributed by atoms with Gasteiger partial charge in [-0.2, -0.15) is 4.98 Å². The van der Waals surface area contributed by atoms with Gasteiger partial charge < -0.3 is 20.2 Å². The molecule has 7 heteroatoms. The first-order valence-electron chi connectivity index (χ1n) is 6.51. The number of anilines is 2. The van der Waals surface area contributed by atoms with E-state index in [1.807, 2.05) is 20.8 Å². The summed E-state index contributed by atoms with van der Waals surface area (Å²) >= 11 is 0. The summed E-state index contributed by atoms with van der Waals surface area (Å²) in [6, 6.07) is 0. The van der Waals surface area contributed by atoms with Crippen LogP contribution in [0, 0.1) is 13.8 Å². The molecule has 108 valence electrons. The molecule has 0 bridgehead atoms. The summed E-state index contributed by atoms with van der Waals surface area (Å²) < 4.78 is 10.9. The lowest BCUT2D eigenvalue weighted by atomic mass is 10.4. The zero-order valence-corrected chi connectivity index (χ0v) is 11.9. The van der Waals surface area contributed by atoms with Crippen LogP contribution in [0.4, 0.5) is 11.5 Å². The zero-order valence-electron chi connectivity index (χ0n) is 11.9. The van der Waals surface area contributed by atoms with Gasteiger partial charge in [0, 0.05) is 0 Å². The number of nitrogens with zero attached hydrogens (tertiary/aromatic N) is 3. The van der Waals surface area contributed by atoms with Gasteiger partial charge in [-0.3, -0.25) is 0 Å². The number of nitrogens with two attached hydrogens (primary N) is 1. The molecule has 0 amide bonds. The van der Waals surface area contributed by atoms with E-state index in [-0.39, 0.29) is 0 Å². The van der Waals surface area contributed by atoms with Gasteiger partial charge in [-0.1, -0.05) is 6.92 Å². The van der Waals surface area contributed by atoms with E-state index in [4.69, 9.17) is 14.9 Å². The molecule has 0 spiro atoms. The molecule has 2 rings (SSSR count). The Hall–Kier alpha value is -2.31. The second kappa shape index (κ2) is 6.23. The normalized spacial score (nSPS) is 10.6. The van der Waals surface area contributed by atoms with Crippen LogP contribution in [0.5, 0.6) is 5.88 Å². The van der Waals surface area contributed by atoms with Crippen molar-refractivity contribution in [3.63, 3.8) is 0 Å². The minimum Gasteiger partial charge on any atom is -0.476 e. The molecular weight excluding hydrogens is 258 g/mol. The van der Waals surface area contributed by atoms with Gasteiger partial charge in [0.2, 0.25) is 11.8 Å². The number of hydrogen-bond acceptors (Lipinski definition) is 7. The highest BCUT2D eigenvalue weighted by molar-refractivity contribution is 5.66. The van der Waals surface area contributed by atoms with E-state index in [1.165, 1.54) is 6.33 Å². The predicted molar refractivity (Wildman–Crippen MR) is 75.5 cm³/mol. The molecule has 7 nitrogen and oxygen atoms in total. The number of nitrogens with one attached hydrogen (secondary N) is 1. The molecule has 0 aliphatic rings. The summed E-state index contributed by atoms with van der Waals surface area (Å²) in [4.78, 5) is 12.4. The second-order valence-electron chi connectivity index (χ2n) is 4.39. The van der Waals surface area contributed by atoms with Crippen LogP contribution in [0.2, 0.25) is 0 Å². The van der Waals surface area contributed by atoms with Gasteiger partial charge in [-0.15, -0.1) is 0 Å². The first-order chi connectivity index (χ1) is 9.61. The fraction of sp³-hybridized carbons (Fsp3) is 0.462. The highest BCUT2D eigenvalue weighted by Crippen LogP contribution is 2.25. The maximum absolute atomic E-state index is 5.96. The highest BCUT2D eigenvalue weighted by Gasteiger charge is 2.11. The third-order valence-corrected chi connectivity index (χ3v) is 2.77. The molecule has 0 aliphatic carbocycles. The van der Waals surface area contributed by atoms with Crippen LogP contribution in [0.3, 0.4) is 0 Å². The van der Waals surface area contributed by atoms with E-state index in [0.29, 0.717) is 36.4 Å². The molecule has 2 aromatic rings. The monoisotopic (exact) mass is 277 g/mol. The molecule has 0 aliphatic heterocycles. The first kappa shape index (κ1) is 14.1. The van der Waals surface area contributed by atoms with E-state index < -0.39 is 0 Å².